The molecular weight excluding hydrogens is 558 g/mol. The second kappa shape index (κ2) is 11.9. The van der Waals surface area contributed by atoms with Crippen LogP contribution in [0.5, 0.6) is 0 Å². The third-order valence-corrected chi connectivity index (χ3v) is 8.55. The summed E-state index contributed by atoms with van der Waals surface area (Å²) < 4.78 is 18.9. The molecule has 0 bridgehead atoms. The predicted octanol–water partition coefficient (Wildman–Crippen LogP) is 4.19. The molecule has 0 fully saturated rings. The lowest BCUT2D eigenvalue weighted by atomic mass is 10.2. The summed E-state index contributed by atoms with van der Waals surface area (Å²) >= 11 is 7.44. The number of nitrogens with zero attached hydrogens (tertiary/aromatic N) is 4. The summed E-state index contributed by atoms with van der Waals surface area (Å²) in [7, 11) is -1.29. The van der Waals surface area contributed by atoms with Crippen molar-refractivity contribution in [3.8, 4) is 0 Å². The number of aryl methyl sites for hydroxylation is 1. The first-order valence-corrected chi connectivity index (χ1v) is 15.1. The number of nitrogens with one attached hydrogen (secondary N) is 3. The van der Waals surface area contributed by atoms with E-state index in [0.29, 0.717) is 50.9 Å². The van der Waals surface area contributed by atoms with Crippen LogP contribution in [0.15, 0.2) is 62.1 Å². The molecule has 0 aliphatic carbocycles. The fourth-order valence-corrected chi connectivity index (χ4v) is 6.16. The highest BCUT2D eigenvalue weighted by Crippen LogP contribution is 2.25. The lowest BCUT2D eigenvalue weighted by Gasteiger charge is -2.07. The summed E-state index contributed by atoms with van der Waals surface area (Å²) in [6.45, 7) is 5.47. The van der Waals surface area contributed by atoms with Crippen molar-refractivity contribution < 1.29 is 4.21 Å². The topological polar surface area (TPSA) is 130 Å². The molecule has 0 spiro atoms. The molecule has 0 radical (unpaired) electrons. The van der Waals surface area contributed by atoms with Gasteiger partial charge in [-0.25, -0.2) is 23.7 Å². The molecule has 0 aliphatic heterocycles. The number of benzene rings is 2. The van der Waals surface area contributed by atoms with Gasteiger partial charge in [-0.05, 0) is 49.2 Å². The SMILES string of the molecule is CCCCNS(=O)c1ccc2nc(SCc3nc4c(c(=O)[nH]c(=O)n4Cc4ccc(Cl)cc4)n3CC)[nH]c2c1. The smallest absolute Gasteiger partial charge is 0.330 e. The average molecular weight is 586 g/mol. The van der Waals surface area contributed by atoms with Gasteiger partial charge in [-0.2, -0.15) is 0 Å². The largest absolute Gasteiger partial charge is 0.333 e. The molecule has 3 aromatic heterocycles. The maximum Gasteiger partial charge on any atom is 0.330 e. The fourth-order valence-electron chi connectivity index (χ4n) is 4.29. The Hall–Kier alpha value is -3.19. The summed E-state index contributed by atoms with van der Waals surface area (Å²) in [4.78, 5) is 41.3. The van der Waals surface area contributed by atoms with E-state index in [-0.39, 0.29) is 6.54 Å². The first kappa shape index (κ1) is 27.4. The number of unbranched alkanes of at least 4 members (excludes halogenated alkanes) is 1. The molecule has 0 saturated carbocycles. The van der Waals surface area contributed by atoms with Crippen molar-refractivity contribution in [1.82, 2.24) is 33.8 Å². The molecule has 2 aromatic carbocycles. The zero-order valence-electron chi connectivity index (χ0n) is 21.5. The number of halogens is 1. The molecule has 10 nitrogen and oxygen atoms in total. The van der Waals surface area contributed by atoms with Crippen molar-refractivity contribution in [2.45, 2.75) is 55.6 Å². The van der Waals surface area contributed by atoms with Crippen molar-refractivity contribution in [2.75, 3.05) is 6.54 Å². The fraction of sp³-hybridized carbons (Fsp3) is 0.308. The van der Waals surface area contributed by atoms with Gasteiger partial charge in [0.15, 0.2) is 16.3 Å². The zero-order chi connectivity index (χ0) is 27.5. The number of hydrogen-bond donors (Lipinski definition) is 3. The Balaban J connectivity index is 1.41. The summed E-state index contributed by atoms with van der Waals surface area (Å²) in [5.41, 5.74) is 2.13. The number of aromatic amines is 2. The maximum atomic E-state index is 12.8. The van der Waals surface area contributed by atoms with E-state index >= 15 is 0 Å². The predicted molar refractivity (Wildman–Crippen MR) is 156 cm³/mol. The van der Waals surface area contributed by atoms with Crippen molar-refractivity contribution in [2.24, 2.45) is 0 Å². The van der Waals surface area contributed by atoms with Crippen LogP contribution in [-0.2, 0) is 29.8 Å². The van der Waals surface area contributed by atoms with Crippen LogP contribution in [0.2, 0.25) is 5.02 Å². The molecule has 39 heavy (non-hydrogen) atoms. The monoisotopic (exact) mass is 585 g/mol. The van der Waals surface area contributed by atoms with Gasteiger partial charge >= 0.3 is 5.69 Å². The van der Waals surface area contributed by atoms with Crippen LogP contribution in [0.4, 0.5) is 0 Å². The molecule has 3 heterocycles. The molecule has 3 N–H and O–H groups in total. The van der Waals surface area contributed by atoms with Gasteiger partial charge in [-0.3, -0.25) is 14.3 Å². The van der Waals surface area contributed by atoms with Crippen LogP contribution in [0.25, 0.3) is 22.2 Å². The van der Waals surface area contributed by atoms with Crippen molar-refractivity contribution >= 4 is 56.5 Å². The van der Waals surface area contributed by atoms with Crippen molar-refractivity contribution in [3.63, 3.8) is 0 Å². The summed E-state index contributed by atoms with van der Waals surface area (Å²) in [6, 6.07) is 12.7. The number of fused-ring (bicyclic) bond motifs is 2. The molecule has 0 saturated heterocycles. The van der Waals surface area contributed by atoms with Crippen LogP contribution in [0, 0.1) is 0 Å². The Morgan fingerprint density at radius 2 is 1.85 bits per heavy atom. The third-order valence-electron chi connectivity index (χ3n) is 6.28. The second-order valence-corrected chi connectivity index (χ2v) is 11.6. The van der Waals surface area contributed by atoms with Crippen LogP contribution < -0.4 is 16.0 Å². The molecule has 0 amide bonds. The van der Waals surface area contributed by atoms with Gasteiger partial charge in [0, 0.05) is 18.1 Å². The van der Waals surface area contributed by atoms with Gasteiger partial charge in [0.25, 0.3) is 5.56 Å². The standard InChI is InChI=1S/C26H28ClN7O3S2/c1-3-5-12-28-39(37)18-10-11-19-20(13-18)30-25(29-19)38-15-21-31-23-22(33(21)4-2)24(35)32-26(36)34(23)14-16-6-8-17(27)9-7-16/h6-11,13,28H,3-5,12,14-15H2,1-2H3,(H,29,30)(H,32,35,36). The van der Waals surface area contributed by atoms with E-state index in [4.69, 9.17) is 16.6 Å². The van der Waals surface area contributed by atoms with Gasteiger partial charge < -0.3 is 9.55 Å². The summed E-state index contributed by atoms with van der Waals surface area (Å²) in [5.74, 6) is 1.08. The first-order chi connectivity index (χ1) is 18.9. The summed E-state index contributed by atoms with van der Waals surface area (Å²) in [5, 5.41) is 1.28. The van der Waals surface area contributed by atoms with E-state index in [2.05, 4.69) is 26.6 Å². The van der Waals surface area contributed by atoms with E-state index in [9.17, 15) is 13.8 Å². The Morgan fingerprint density at radius 1 is 1.05 bits per heavy atom. The first-order valence-electron chi connectivity index (χ1n) is 12.6. The van der Waals surface area contributed by atoms with Crippen LogP contribution in [0.1, 0.15) is 38.1 Å². The van der Waals surface area contributed by atoms with Gasteiger partial charge in [0.05, 0.1) is 28.2 Å². The Labute approximate surface area is 235 Å². The molecule has 1 unspecified atom stereocenters. The van der Waals surface area contributed by atoms with E-state index < -0.39 is 22.2 Å². The lowest BCUT2D eigenvalue weighted by molar-refractivity contribution is 0.665. The molecule has 204 valence electrons. The van der Waals surface area contributed by atoms with Crippen LogP contribution >= 0.6 is 23.4 Å². The third kappa shape index (κ3) is 5.88. The molecule has 1 atom stereocenters. The van der Waals surface area contributed by atoms with Crippen LogP contribution in [0.3, 0.4) is 0 Å². The van der Waals surface area contributed by atoms with Gasteiger partial charge in [-0.15, -0.1) is 0 Å². The summed E-state index contributed by atoms with van der Waals surface area (Å²) in [6.07, 6.45) is 2.00. The van der Waals surface area contributed by atoms with Crippen molar-refractivity contribution in [1.29, 1.82) is 0 Å². The van der Waals surface area contributed by atoms with Gasteiger partial charge in [-0.1, -0.05) is 48.8 Å². The number of aromatic nitrogens is 6. The minimum absolute atomic E-state index is 0.247. The van der Waals surface area contributed by atoms with Gasteiger partial charge in [0.1, 0.15) is 16.8 Å². The number of rotatable bonds is 11. The zero-order valence-corrected chi connectivity index (χ0v) is 23.9. The Bertz CT molecular complexity index is 1770. The molecule has 13 heteroatoms. The maximum absolute atomic E-state index is 12.8. The van der Waals surface area contributed by atoms with Crippen LogP contribution in [-0.4, -0.2) is 39.8 Å². The Kier molecular flexibility index (Phi) is 8.36. The molecule has 5 rings (SSSR count). The minimum atomic E-state index is -1.29. The molecular formula is C26H28ClN7O3S2. The van der Waals surface area contributed by atoms with Crippen molar-refractivity contribution in [3.05, 3.63) is 79.7 Å². The number of thioether (sulfide) groups is 1. The highest BCUT2D eigenvalue weighted by Gasteiger charge is 2.19. The number of hydrogen-bond acceptors (Lipinski definition) is 6. The number of imidazole rings is 2. The molecule has 5 aromatic rings. The normalized spacial score (nSPS) is 12.5. The molecule has 0 aliphatic rings. The average Bonchev–Trinajstić information content (AvgIpc) is 3.51. The highest BCUT2D eigenvalue weighted by atomic mass is 35.5. The van der Waals surface area contributed by atoms with E-state index in [1.54, 1.807) is 12.1 Å². The number of H-pyrrole nitrogens is 2. The highest BCUT2D eigenvalue weighted by molar-refractivity contribution is 7.98. The van der Waals surface area contributed by atoms with Gasteiger partial charge in [0.2, 0.25) is 0 Å². The van der Waals surface area contributed by atoms with E-state index in [1.807, 2.05) is 41.8 Å². The lowest BCUT2D eigenvalue weighted by Crippen LogP contribution is -2.31. The minimum Gasteiger partial charge on any atom is -0.333 e. The Morgan fingerprint density at radius 3 is 2.59 bits per heavy atom. The second-order valence-electron chi connectivity index (χ2n) is 8.94. The van der Waals surface area contributed by atoms with E-state index in [1.165, 1.54) is 16.3 Å². The quantitative estimate of drug-likeness (QED) is 0.157. The van der Waals surface area contributed by atoms with E-state index in [0.717, 1.165) is 29.4 Å².